The maximum Gasteiger partial charge on any atom is 0.331 e. The molecule has 0 spiro atoms. The second-order valence-electron chi connectivity index (χ2n) is 8.09. The van der Waals surface area contributed by atoms with Crippen molar-refractivity contribution in [3.63, 3.8) is 0 Å². The minimum absolute atomic E-state index is 0.154. The molecular formula is C23H28ClN3O4. The van der Waals surface area contributed by atoms with E-state index in [0.29, 0.717) is 48.1 Å². The number of aromatic nitrogens is 2. The molecule has 1 aliphatic rings. The molecule has 2 heterocycles. The van der Waals surface area contributed by atoms with Gasteiger partial charge in [-0.25, -0.2) is 4.79 Å². The first-order chi connectivity index (χ1) is 14.8. The zero-order valence-electron chi connectivity index (χ0n) is 18.1. The molecule has 166 valence electrons. The van der Waals surface area contributed by atoms with Gasteiger partial charge in [0.25, 0.3) is 12.0 Å². The topological polar surface area (TPSA) is 82.3 Å². The number of carbonyl (C=O) groups excluding carboxylic acids is 1. The molecule has 0 aliphatic carbocycles. The number of fused-ring (bicyclic) bond motifs is 1. The second kappa shape index (κ2) is 10.0. The van der Waals surface area contributed by atoms with Gasteiger partial charge in [-0.2, -0.15) is 0 Å². The van der Waals surface area contributed by atoms with Crippen LogP contribution in [0.3, 0.4) is 0 Å². The molecule has 3 rings (SSSR count). The van der Waals surface area contributed by atoms with Crippen LogP contribution in [-0.2, 0) is 29.7 Å². The van der Waals surface area contributed by atoms with Gasteiger partial charge in [-0.15, -0.1) is 0 Å². The lowest BCUT2D eigenvalue weighted by Crippen LogP contribution is -2.45. The van der Waals surface area contributed by atoms with E-state index in [2.05, 4.69) is 19.2 Å². The molecule has 1 aromatic carbocycles. The van der Waals surface area contributed by atoms with Crippen molar-refractivity contribution < 1.29 is 9.53 Å². The Bertz CT molecular complexity index is 1110. The number of halogens is 1. The van der Waals surface area contributed by atoms with Gasteiger partial charge in [0.1, 0.15) is 0 Å². The molecule has 0 unspecified atom stereocenters. The number of nitrogens with zero attached hydrogens (tertiary/aromatic N) is 2. The van der Waals surface area contributed by atoms with Crippen molar-refractivity contribution in [2.75, 3.05) is 6.61 Å². The van der Waals surface area contributed by atoms with Crippen molar-refractivity contribution in [2.45, 2.75) is 46.2 Å². The van der Waals surface area contributed by atoms with Crippen molar-refractivity contribution >= 4 is 29.3 Å². The molecule has 31 heavy (non-hydrogen) atoms. The summed E-state index contributed by atoms with van der Waals surface area (Å²) in [5, 5.41) is 4.04. The highest BCUT2D eigenvalue weighted by atomic mass is 35.5. The summed E-state index contributed by atoms with van der Waals surface area (Å²) >= 11 is 6.23. The van der Waals surface area contributed by atoms with E-state index in [-0.39, 0.29) is 24.4 Å². The van der Waals surface area contributed by atoms with Gasteiger partial charge < -0.3 is 10.1 Å². The molecule has 1 aliphatic heterocycles. The SMILES string of the molecule is CC(C)CCC1=C(c2cccc(Cl)c2)NCc2c1c(=O)n(CCCOC=O)c(=O)n2C. The van der Waals surface area contributed by atoms with E-state index in [4.69, 9.17) is 16.3 Å². The fourth-order valence-corrected chi connectivity index (χ4v) is 4.07. The highest BCUT2D eigenvalue weighted by Crippen LogP contribution is 2.33. The predicted octanol–water partition coefficient (Wildman–Crippen LogP) is 3.17. The van der Waals surface area contributed by atoms with Crippen LogP contribution in [-0.4, -0.2) is 22.2 Å². The largest absolute Gasteiger partial charge is 0.468 e. The van der Waals surface area contributed by atoms with Crippen LogP contribution < -0.4 is 16.6 Å². The quantitative estimate of drug-likeness (QED) is 0.473. The summed E-state index contributed by atoms with van der Waals surface area (Å²) in [6.07, 6.45) is 1.98. The van der Waals surface area contributed by atoms with E-state index < -0.39 is 0 Å². The number of benzene rings is 1. The van der Waals surface area contributed by atoms with E-state index >= 15 is 0 Å². The highest BCUT2D eigenvalue weighted by Gasteiger charge is 2.27. The number of ether oxygens (including phenoxy) is 1. The normalized spacial score (nSPS) is 13.2. The number of allylic oxidation sites excluding steroid dienone is 1. The summed E-state index contributed by atoms with van der Waals surface area (Å²) in [5.74, 6) is 0.453. The molecule has 0 saturated heterocycles. The smallest absolute Gasteiger partial charge is 0.331 e. The Morgan fingerprint density at radius 3 is 2.74 bits per heavy atom. The molecule has 0 fully saturated rings. The minimum atomic E-state index is -0.369. The van der Waals surface area contributed by atoms with Crippen LogP contribution >= 0.6 is 11.6 Å². The number of hydrogen-bond acceptors (Lipinski definition) is 5. The summed E-state index contributed by atoms with van der Waals surface area (Å²) in [6, 6.07) is 7.54. The van der Waals surface area contributed by atoms with Crippen LogP contribution in [0.5, 0.6) is 0 Å². The summed E-state index contributed by atoms with van der Waals surface area (Å²) in [6.45, 7) is 5.36. The van der Waals surface area contributed by atoms with Crippen LogP contribution in [0.4, 0.5) is 0 Å². The van der Waals surface area contributed by atoms with Gasteiger partial charge in [0.2, 0.25) is 0 Å². The average Bonchev–Trinajstić information content (AvgIpc) is 2.75. The monoisotopic (exact) mass is 445 g/mol. The molecule has 2 aromatic rings. The van der Waals surface area contributed by atoms with Crippen molar-refractivity contribution in [1.29, 1.82) is 0 Å². The molecule has 7 nitrogen and oxygen atoms in total. The number of rotatable bonds is 9. The number of hydrogen-bond donors (Lipinski definition) is 1. The number of carbonyl (C=O) groups is 1. The minimum Gasteiger partial charge on any atom is -0.468 e. The summed E-state index contributed by atoms with van der Waals surface area (Å²) in [5.41, 5.74) is 3.27. The Balaban J connectivity index is 2.18. The first-order valence-electron chi connectivity index (χ1n) is 10.5. The summed E-state index contributed by atoms with van der Waals surface area (Å²) in [4.78, 5) is 36.7. The van der Waals surface area contributed by atoms with Crippen LogP contribution in [0, 0.1) is 5.92 Å². The fourth-order valence-electron chi connectivity index (χ4n) is 3.88. The van der Waals surface area contributed by atoms with Crippen LogP contribution in [0.2, 0.25) is 5.02 Å². The molecular weight excluding hydrogens is 418 g/mol. The van der Waals surface area contributed by atoms with Crippen molar-refractivity contribution in [3.8, 4) is 0 Å². The first kappa shape index (κ1) is 22.9. The Labute approximate surface area is 186 Å². The lowest BCUT2D eigenvalue weighted by atomic mass is 9.90. The predicted molar refractivity (Wildman–Crippen MR) is 122 cm³/mol. The first-order valence-corrected chi connectivity index (χ1v) is 10.8. The van der Waals surface area contributed by atoms with Gasteiger partial charge in [0, 0.05) is 24.3 Å². The molecule has 0 bridgehead atoms. The van der Waals surface area contributed by atoms with Crippen LogP contribution in [0.15, 0.2) is 33.9 Å². The van der Waals surface area contributed by atoms with Crippen LogP contribution in [0.25, 0.3) is 11.3 Å². The number of nitrogens with one attached hydrogen (secondary N) is 1. The molecule has 0 atom stereocenters. The highest BCUT2D eigenvalue weighted by molar-refractivity contribution is 6.30. The van der Waals surface area contributed by atoms with E-state index in [1.807, 2.05) is 24.3 Å². The van der Waals surface area contributed by atoms with E-state index in [1.165, 1.54) is 9.13 Å². The van der Waals surface area contributed by atoms with E-state index in [9.17, 15) is 14.4 Å². The van der Waals surface area contributed by atoms with Crippen molar-refractivity contribution in [2.24, 2.45) is 13.0 Å². The maximum absolute atomic E-state index is 13.5. The third kappa shape index (κ3) is 4.93. The Morgan fingerprint density at radius 1 is 1.29 bits per heavy atom. The molecule has 0 saturated carbocycles. The summed E-state index contributed by atoms with van der Waals surface area (Å²) in [7, 11) is 1.69. The maximum atomic E-state index is 13.5. The molecule has 1 N–H and O–H groups in total. The molecule has 0 amide bonds. The van der Waals surface area contributed by atoms with Crippen molar-refractivity contribution in [1.82, 2.24) is 14.5 Å². The molecule has 1 aromatic heterocycles. The third-order valence-electron chi connectivity index (χ3n) is 5.50. The van der Waals surface area contributed by atoms with Gasteiger partial charge in [-0.3, -0.25) is 18.7 Å². The Kier molecular flexibility index (Phi) is 7.38. The van der Waals surface area contributed by atoms with Gasteiger partial charge in [-0.1, -0.05) is 37.6 Å². The van der Waals surface area contributed by atoms with Gasteiger partial charge in [0.05, 0.1) is 24.4 Å². The molecule has 0 radical (unpaired) electrons. The average molecular weight is 446 g/mol. The van der Waals surface area contributed by atoms with E-state index in [1.54, 1.807) is 7.05 Å². The second-order valence-corrected chi connectivity index (χ2v) is 8.53. The van der Waals surface area contributed by atoms with E-state index in [0.717, 1.165) is 23.3 Å². The Morgan fingerprint density at radius 2 is 2.06 bits per heavy atom. The lowest BCUT2D eigenvalue weighted by molar-refractivity contribution is -0.128. The zero-order valence-corrected chi connectivity index (χ0v) is 18.9. The van der Waals surface area contributed by atoms with Crippen LogP contribution in [0.1, 0.15) is 49.9 Å². The van der Waals surface area contributed by atoms with Gasteiger partial charge in [-0.05, 0) is 48.4 Å². The Hall–Kier alpha value is -2.80. The summed E-state index contributed by atoms with van der Waals surface area (Å²) < 4.78 is 7.49. The lowest BCUT2D eigenvalue weighted by Gasteiger charge is -2.28. The standard InChI is InChI=1S/C23H28ClN3O4/c1-15(2)8-9-18-20-19(13-25-21(18)16-6-4-7-17(24)12-16)26(3)23(30)27(22(20)29)10-5-11-31-14-28/h4,6-7,12,14-15,25H,5,8-11,13H2,1-3H3. The molecule has 8 heteroatoms. The zero-order chi connectivity index (χ0) is 22.5. The van der Waals surface area contributed by atoms with Gasteiger partial charge in [0.15, 0.2) is 0 Å². The third-order valence-corrected chi connectivity index (χ3v) is 5.74. The van der Waals surface area contributed by atoms with Gasteiger partial charge >= 0.3 is 5.69 Å². The van der Waals surface area contributed by atoms with Crippen molar-refractivity contribution in [3.05, 3.63) is 66.9 Å². The fraction of sp³-hybridized carbons (Fsp3) is 0.435.